The highest BCUT2D eigenvalue weighted by Gasteiger charge is 2.56. The first-order valence-electron chi connectivity index (χ1n) is 24.9. The van der Waals surface area contributed by atoms with Gasteiger partial charge in [-0.1, -0.05) is 79.6 Å². The smallest absolute Gasteiger partial charge is 0.308 e. The van der Waals surface area contributed by atoms with Crippen molar-refractivity contribution in [2.75, 3.05) is 13.2 Å². The van der Waals surface area contributed by atoms with E-state index in [1.807, 2.05) is 12.1 Å². The quantitative estimate of drug-likeness (QED) is 0.0125. The number of aliphatic imine (C=N–C) groups is 1. The van der Waals surface area contributed by atoms with Gasteiger partial charge < -0.3 is 71.9 Å². The molecule has 8 rings (SSSR count). The number of ether oxygens (including phenoxy) is 4. The van der Waals surface area contributed by atoms with Crippen LogP contribution in [-0.4, -0.2) is 121 Å². The number of fused-ring (bicyclic) bond motifs is 2. The van der Waals surface area contributed by atoms with Crippen molar-refractivity contribution in [2.45, 2.75) is 133 Å². The lowest BCUT2D eigenvalue weighted by molar-refractivity contribution is -0.378. The van der Waals surface area contributed by atoms with Crippen LogP contribution in [0.15, 0.2) is 53.5 Å². The van der Waals surface area contributed by atoms with Crippen LogP contribution in [0.3, 0.4) is 0 Å². The molecular weight excluding hydrogens is 969 g/mol. The second-order valence-electron chi connectivity index (χ2n) is 19.5. The number of hydrogen-bond acceptors (Lipinski definition) is 17. The van der Waals surface area contributed by atoms with Crippen molar-refractivity contribution in [1.82, 2.24) is 0 Å². The number of carbonyl (C=O) groups is 4. The van der Waals surface area contributed by atoms with Gasteiger partial charge in [0.2, 0.25) is 12.1 Å². The molecule has 3 aliphatic carbocycles. The Hall–Kier alpha value is -6.83. The number of esters is 1. The van der Waals surface area contributed by atoms with E-state index in [0.29, 0.717) is 43.1 Å². The molecule has 2 fully saturated rings. The van der Waals surface area contributed by atoms with Crippen LogP contribution >= 0.6 is 0 Å². The molecule has 0 aromatic heterocycles. The van der Waals surface area contributed by atoms with Crippen molar-refractivity contribution in [3.8, 4) is 29.1 Å². The lowest BCUT2D eigenvalue weighted by Gasteiger charge is -2.46. The Morgan fingerprint density at radius 3 is 2.39 bits per heavy atom. The third-order valence-corrected chi connectivity index (χ3v) is 14.3. The van der Waals surface area contributed by atoms with E-state index in [1.165, 1.54) is 19.1 Å². The minimum atomic E-state index is -3.11. The summed E-state index contributed by atoms with van der Waals surface area (Å²) < 4.78 is 24.4. The van der Waals surface area contributed by atoms with Crippen LogP contribution in [0.1, 0.15) is 146 Å². The zero-order valence-electron chi connectivity index (χ0n) is 41.6. The number of aliphatic hydroxyl groups excluding tert-OH is 3. The van der Waals surface area contributed by atoms with Crippen LogP contribution in [0.5, 0.6) is 17.2 Å². The number of hydrogen-bond donors (Lipinski definition) is 10. The van der Waals surface area contributed by atoms with Gasteiger partial charge in [-0.3, -0.25) is 24.2 Å². The predicted molar refractivity (Wildman–Crippen MR) is 273 cm³/mol. The molecule has 0 amide bonds. The molecule has 19 nitrogen and oxygen atoms in total. The van der Waals surface area contributed by atoms with E-state index in [1.54, 1.807) is 36.4 Å². The molecular formula is C56H62N4O15. The Morgan fingerprint density at radius 1 is 0.947 bits per heavy atom. The Morgan fingerprint density at radius 2 is 1.68 bits per heavy atom. The molecule has 4 aromatic carbocycles. The standard InChI is InChI=1S/C56H62N4O15/c1-29-51(68)56(70,71)52(72-22-21-60-54(58)59)53(73-29)75-50-38-13-8-12-35(57)16-17-36(64)24-32-10-6-9-31(23-32)15-18-37-42(74-30(2)63)26-34(27-61)43-44(37)49(67)45(38)46(48(43)66)47(65)39(50)25-33-11-7-14-41(40(33)28-62)55(69)19-4-3-5-20-55/h6-7,9-11,14-15,18,23,26,28-29,35-36,51-53,61,64-65,68-71H,3-5,13,16-17,19-22,24-25,27,57H2,1-2H3,(H4,58,59,60)/b18-15+/t29-,35-,36+,51+,52-,53+/m0/s1. The summed E-state index contributed by atoms with van der Waals surface area (Å²) in [4.78, 5) is 61.3. The second kappa shape index (κ2) is 22.6. The number of rotatable bonds is 12. The summed E-state index contributed by atoms with van der Waals surface area (Å²) >= 11 is 0. The SMILES string of the molecule is CC(=O)Oc1cc(CO)c2c3c1/C=C/c1cccc(c1)C[C@H](O)CC[C@@H](N)C#CCc1c(O[C@H]4O[C@@H](C)[C@@H](O)C(O)(O)[C@H]4OCCN=C(N)N)c(Cc4cccc(C5(O)CCCCC5)c4C=O)c(O)c(c1C3=O)C2=O. The first kappa shape index (κ1) is 54.4. The lowest BCUT2D eigenvalue weighted by atomic mass is 9.74. The van der Waals surface area contributed by atoms with Gasteiger partial charge in [-0.2, -0.15) is 0 Å². The van der Waals surface area contributed by atoms with Crippen molar-refractivity contribution in [3.63, 3.8) is 0 Å². The largest absolute Gasteiger partial charge is 0.507 e. The summed E-state index contributed by atoms with van der Waals surface area (Å²) in [5.74, 6) is -1.48. The fourth-order valence-corrected chi connectivity index (χ4v) is 10.6. The fourth-order valence-electron chi connectivity index (χ4n) is 10.6. The van der Waals surface area contributed by atoms with E-state index in [0.717, 1.165) is 18.9 Å². The first-order chi connectivity index (χ1) is 35.8. The lowest BCUT2D eigenvalue weighted by Crippen LogP contribution is -2.67. The van der Waals surface area contributed by atoms with E-state index < -0.39 is 108 Å². The normalized spacial score (nSPS) is 23.4. The monoisotopic (exact) mass is 1030 g/mol. The van der Waals surface area contributed by atoms with Gasteiger partial charge in [0, 0.05) is 58.7 Å². The maximum Gasteiger partial charge on any atom is 0.308 e. The number of carbonyl (C=O) groups excluding carboxylic acids is 4. The van der Waals surface area contributed by atoms with Gasteiger partial charge in [0.25, 0.3) is 0 Å². The zero-order valence-corrected chi connectivity index (χ0v) is 41.6. The number of nitrogens with two attached hydrogens (primary N) is 3. The van der Waals surface area contributed by atoms with E-state index in [4.69, 9.17) is 36.1 Å². The summed E-state index contributed by atoms with van der Waals surface area (Å²) in [7, 11) is 0. The average Bonchev–Trinajstić information content (AvgIpc) is 3.36. The van der Waals surface area contributed by atoms with Crippen molar-refractivity contribution < 1.29 is 73.9 Å². The number of ketones is 2. The Balaban J connectivity index is 1.44. The van der Waals surface area contributed by atoms with Crippen LogP contribution in [-0.2, 0) is 45.7 Å². The number of phenolic OH excluding ortho intramolecular Hbond substituents is 1. The summed E-state index contributed by atoms with van der Waals surface area (Å²) in [6.07, 6.45) is -1.59. The van der Waals surface area contributed by atoms with E-state index >= 15 is 9.59 Å². The third kappa shape index (κ3) is 11.1. The van der Waals surface area contributed by atoms with Crippen molar-refractivity contribution in [3.05, 3.63) is 121 Å². The molecule has 0 radical (unpaired) electrons. The van der Waals surface area contributed by atoms with E-state index in [9.17, 15) is 45.3 Å². The minimum absolute atomic E-state index is 0.0517. The molecule has 4 bridgehead atoms. The Kier molecular flexibility index (Phi) is 16.4. The molecule has 396 valence electrons. The molecule has 1 saturated heterocycles. The summed E-state index contributed by atoms with van der Waals surface area (Å²) in [5, 5.41) is 81.2. The van der Waals surface area contributed by atoms with Crippen molar-refractivity contribution >= 4 is 41.9 Å². The summed E-state index contributed by atoms with van der Waals surface area (Å²) in [6.45, 7) is 1.05. The van der Waals surface area contributed by atoms with Crippen LogP contribution in [0, 0.1) is 11.8 Å². The number of aromatic hydroxyl groups is 1. The Labute approximate surface area is 432 Å². The van der Waals surface area contributed by atoms with Gasteiger partial charge in [-0.25, -0.2) is 0 Å². The zero-order chi connectivity index (χ0) is 53.9. The van der Waals surface area contributed by atoms with E-state index in [-0.39, 0.29) is 88.6 Å². The first-order valence-corrected chi connectivity index (χ1v) is 24.9. The fraction of sp³-hybridized carbons (Fsp3) is 0.411. The highest BCUT2D eigenvalue weighted by molar-refractivity contribution is 6.32. The molecule has 1 saturated carbocycles. The minimum Gasteiger partial charge on any atom is -0.507 e. The molecule has 4 aromatic rings. The number of benzene rings is 4. The van der Waals surface area contributed by atoms with Crippen molar-refractivity contribution in [1.29, 1.82) is 0 Å². The second-order valence-corrected chi connectivity index (χ2v) is 19.5. The summed E-state index contributed by atoms with van der Waals surface area (Å²) in [5.41, 5.74) is 16.0. The van der Waals surface area contributed by atoms with Gasteiger partial charge in [0.1, 0.15) is 23.4 Å². The maximum absolute atomic E-state index is 15.9. The topological polar surface area (TPSA) is 337 Å². The number of aldehydes is 1. The van der Waals surface area contributed by atoms with Gasteiger partial charge in [-0.05, 0) is 79.0 Å². The van der Waals surface area contributed by atoms with Crippen LogP contribution in [0.4, 0.5) is 0 Å². The van der Waals surface area contributed by atoms with E-state index in [2.05, 4.69) is 16.8 Å². The molecule has 0 spiro atoms. The highest BCUT2D eigenvalue weighted by atomic mass is 16.7. The third-order valence-electron chi connectivity index (χ3n) is 14.3. The van der Waals surface area contributed by atoms with Crippen LogP contribution in [0.2, 0.25) is 0 Å². The van der Waals surface area contributed by atoms with Crippen LogP contribution in [0.25, 0.3) is 12.2 Å². The number of nitrogens with zero attached hydrogens (tertiary/aromatic N) is 1. The Bertz CT molecular complexity index is 3020. The molecule has 75 heavy (non-hydrogen) atoms. The number of aliphatic hydroxyl groups is 6. The molecule has 6 atom stereocenters. The van der Waals surface area contributed by atoms with Gasteiger partial charge in [0.05, 0.1) is 49.2 Å². The molecule has 1 heterocycles. The number of phenols is 1. The molecule has 4 aliphatic rings. The molecule has 1 aliphatic heterocycles. The molecule has 0 unspecified atom stereocenters. The number of guanidine groups is 1. The van der Waals surface area contributed by atoms with Gasteiger partial charge in [-0.15, -0.1) is 0 Å². The maximum atomic E-state index is 15.9. The average molecular weight is 1030 g/mol. The van der Waals surface area contributed by atoms with Crippen molar-refractivity contribution in [2.24, 2.45) is 22.2 Å². The predicted octanol–water partition coefficient (Wildman–Crippen LogP) is 2.71. The summed E-state index contributed by atoms with van der Waals surface area (Å²) in [6, 6.07) is 12.5. The van der Waals surface area contributed by atoms with Gasteiger partial charge in [0.15, 0.2) is 29.9 Å². The van der Waals surface area contributed by atoms with Crippen LogP contribution < -0.4 is 26.7 Å². The highest BCUT2D eigenvalue weighted by Crippen LogP contribution is 2.49. The molecule has 19 heteroatoms. The molecule has 13 N–H and O–H groups in total. The van der Waals surface area contributed by atoms with Gasteiger partial charge >= 0.3 is 5.97 Å².